The molecule has 1 aromatic carbocycles. The number of fused-ring (bicyclic) bond motifs is 1. The molecule has 2 heterocycles. The highest BCUT2D eigenvalue weighted by Crippen LogP contribution is 2.29. The minimum atomic E-state index is 0.630. The van der Waals surface area contributed by atoms with Gasteiger partial charge in [0.25, 0.3) is 0 Å². The van der Waals surface area contributed by atoms with Crippen molar-refractivity contribution in [2.24, 2.45) is 0 Å². The van der Waals surface area contributed by atoms with Crippen LogP contribution in [-0.4, -0.2) is 41.5 Å². The summed E-state index contributed by atoms with van der Waals surface area (Å²) < 4.78 is 0. The fourth-order valence-corrected chi connectivity index (χ4v) is 3.80. The maximum atomic E-state index is 6.10. The van der Waals surface area contributed by atoms with Gasteiger partial charge >= 0.3 is 0 Å². The fraction of sp³-hybridized carbons (Fsp3) is 0.600. The van der Waals surface area contributed by atoms with Crippen LogP contribution in [0, 0.1) is 0 Å². The van der Waals surface area contributed by atoms with Crippen LogP contribution in [0.3, 0.4) is 0 Å². The molecular weight excluding hydrogens is 279 g/mol. The van der Waals surface area contributed by atoms with E-state index in [2.05, 4.69) is 22.8 Å². The molecule has 0 aliphatic carbocycles. The summed E-state index contributed by atoms with van der Waals surface area (Å²) in [5, 5.41) is 1.30. The average Bonchev–Trinajstić information content (AvgIpc) is 2.86. The molecule has 0 amide bonds. The van der Waals surface area contributed by atoms with Crippen LogP contribution < -0.4 is 0 Å². The Bertz CT molecular complexity index is 463. The standard InChI is InChI=1S/C15H20Cl2N2/c1-11-15-3-2-6-18(15)7-8-19(11)10-12-4-5-13(16)14(17)9-12/h4-5,9,11,15H,2-3,6-8,10H2,1H3/t11-,15+/m1/s1. The van der Waals surface area contributed by atoms with Crippen molar-refractivity contribution in [3.63, 3.8) is 0 Å². The van der Waals surface area contributed by atoms with Gasteiger partial charge in [-0.3, -0.25) is 9.80 Å². The molecule has 0 spiro atoms. The summed E-state index contributed by atoms with van der Waals surface area (Å²) in [5.41, 5.74) is 1.26. The second-order valence-electron chi connectivity index (χ2n) is 5.71. The Morgan fingerprint density at radius 3 is 2.79 bits per heavy atom. The molecule has 2 nitrogen and oxygen atoms in total. The Hall–Kier alpha value is -0.280. The first-order valence-corrected chi connectivity index (χ1v) is 7.83. The lowest BCUT2D eigenvalue weighted by atomic mass is 10.0. The molecule has 0 saturated carbocycles. The zero-order valence-electron chi connectivity index (χ0n) is 11.3. The van der Waals surface area contributed by atoms with Gasteiger partial charge in [-0.2, -0.15) is 0 Å². The van der Waals surface area contributed by atoms with Crippen molar-refractivity contribution in [2.45, 2.75) is 38.4 Å². The monoisotopic (exact) mass is 298 g/mol. The number of halogens is 2. The van der Waals surface area contributed by atoms with Gasteiger partial charge in [0.15, 0.2) is 0 Å². The largest absolute Gasteiger partial charge is 0.298 e. The van der Waals surface area contributed by atoms with Crippen molar-refractivity contribution >= 4 is 23.2 Å². The van der Waals surface area contributed by atoms with Crippen LogP contribution >= 0.6 is 23.2 Å². The van der Waals surface area contributed by atoms with E-state index in [1.807, 2.05) is 12.1 Å². The van der Waals surface area contributed by atoms with Gasteiger partial charge in [0, 0.05) is 31.7 Å². The van der Waals surface area contributed by atoms with Gasteiger partial charge in [-0.15, -0.1) is 0 Å². The van der Waals surface area contributed by atoms with Crippen LogP contribution in [0.1, 0.15) is 25.3 Å². The van der Waals surface area contributed by atoms with Crippen molar-refractivity contribution in [1.82, 2.24) is 9.80 Å². The topological polar surface area (TPSA) is 6.48 Å². The summed E-state index contributed by atoms with van der Waals surface area (Å²) in [6, 6.07) is 7.36. The summed E-state index contributed by atoms with van der Waals surface area (Å²) in [6.07, 6.45) is 2.70. The lowest BCUT2D eigenvalue weighted by Crippen LogP contribution is -2.55. The molecule has 2 saturated heterocycles. The number of piperazine rings is 1. The molecular formula is C15H20Cl2N2. The molecule has 2 fully saturated rings. The normalized spacial score (nSPS) is 28.6. The van der Waals surface area contributed by atoms with Gasteiger partial charge in [-0.1, -0.05) is 29.3 Å². The Labute approximate surface area is 125 Å². The molecule has 0 bridgehead atoms. The molecule has 2 aliphatic rings. The first-order chi connectivity index (χ1) is 9.15. The second kappa shape index (κ2) is 5.61. The van der Waals surface area contributed by atoms with Crippen molar-refractivity contribution in [1.29, 1.82) is 0 Å². The van der Waals surface area contributed by atoms with E-state index in [0.29, 0.717) is 16.1 Å². The van der Waals surface area contributed by atoms with Gasteiger partial charge in [-0.25, -0.2) is 0 Å². The highest BCUT2D eigenvalue weighted by atomic mass is 35.5. The molecule has 19 heavy (non-hydrogen) atoms. The Balaban J connectivity index is 1.70. The van der Waals surface area contributed by atoms with Crippen molar-refractivity contribution in [3.05, 3.63) is 33.8 Å². The minimum absolute atomic E-state index is 0.630. The molecule has 0 radical (unpaired) electrons. The molecule has 1 aromatic rings. The third-order valence-electron chi connectivity index (χ3n) is 4.59. The van der Waals surface area contributed by atoms with Crippen LogP contribution in [0.15, 0.2) is 18.2 Å². The highest BCUT2D eigenvalue weighted by Gasteiger charge is 2.36. The number of rotatable bonds is 2. The highest BCUT2D eigenvalue weighted by molar-refractivity contribution is 6.42. The number of hydrogen-bond acceptors (Lipinski definition) is 2. The first kappa shape index (κ1) is 13.7. The summed E-state index contributed by atoms with van der Waals surface area (Å²) >= 11 is 12.1. The van der Waals surface area contributed by atoms with E-state index in [1.165, 1.54) is 31.5 Å². The number of hydrogen-bond donors (Lipinski definition) is 0. The predicted molar refractivity (Wildman–Crippen MR) is 80.9 cm³/mol. The molecule has 2 atom stereocenters. The van der Waals surface area contributed by atoms with Gasteiger partial charge in [0.05, 0.1) is 10.0 Å². The number of benzene rings is 1. The van der Waals surface area contributed by atoms with Gasteiger partial charge in [-0.05, 0) is 44.0 Å². The third kappa shape index (κ3) is 2.78. The van der Waals surface area contributed by atoms with E-state index in [-0.39, 0.29) is 0 Å². The van der Waals surface area contributed by atoms with Gasteiger partial charge in [0.1, 0.15) is 0 Å². The lowest BCUT2D eigenvalue weighted by Gasteiger charge is -2.43. The first-order valence-electron chi connectivity index (χ1n) is 7.07. The molecule has 3 rings (SSSR count). The summed E-state index contributed by atoms with van der Waals surface area (Å²) in [5.74, 6) is 0. The smallest absolute Gasteiger partial charge is 0.0595 e. The maximum Gasteiger partial charge on any atom is 0.0595 e. The van der Waals surface area contributed by atoms with Gasteiger partial charge < -0.3 is 0 Å². The molecule has 4 heteroatoms. The van der Waals surface area contributed by atoms with Crippen LogP contribution in [0.2, 0.25) is 10.0 Å². The van der Waals surface area contributed by atoms with E-state index in [0.717, 1.165) is 19.1 Å². The molecule has 0 unspecified atom stereocenters. The molecule has 104 valence electrons. The van der Waals surface area contributed by atoms with E-state index in [1.54, 1.807) is 0 Å². The van der Waals surface area contributed by atoms with Crippen LogP contribution in [0.25, 0.3) is 0 Å². The zero-order valence-corrected chi connectivity index (χ0v) is 12.8. The Morgan fingerprint density at radius 1 is 1.16 bits per heavy atom. The van der Waals surface area contributed by atoms with Gasteiger partial charge in [0.2, 0.25) is 0 Å². The van der Waals surface area contributed by atoms with Crippen LogP contribution in [-0.2, 0) is 6.54 Å². The van der Waals surface area contributed by atoms with E-state index in [4.69, 9.17) is 23.2 Å². The van der Waals surface area contributed by atoms with Crippen LogP contribution in [0.5, 0.6) is 0 Å². The predicted octanol–water partition coefficient (Wildman–Crippen LogP) is 3.66. The molecule has 0 aromatic heterocycles. The Morgan fingerprint density at radius 2 is 2.00 bits per heavy atom. The SMILES string of the molecule is C[C@@H]1[C@@H]2CCCN2CCN1Cc1ccc(Cl)c(Cl)c1. The third-order valence-corrected chi connectivity index (χ3v) is 5.33. The average molecular weight is 299 g/mol. The minimum Gasteiger partial charge on any atom is -0.298 e. The molecule has 2 aliphatic heterocycles. The molecule has 0 N–H and O–H groups in total. The van der Waals surface area contributed by atoms with Crippen LogP contribution in [0.4, 0.5) is 0 Å². The lowest BCUT2D eigenvalue weighted by molar-refractivity contribution is 0.0470. The maximum absolute atomic E-state index is 6.10. The van der Waals surface area contributed by atoms with E-state index < -0.39 is 0 Å². The van der Waals surface area contributed by atoms with Crippen molar-refractivity contribution in [2.75, 3.05) is 19.6 Å². The second-order valence-corrected chi connectivity index (χ2v) is 6.52. The number of nitrogens with zero attached hydrogens (tertiary/aromatic N) is 2. The van der Waals surface area contributed by atoms with E-state index >= 15 is 0 Å². The summed E-state index contributed by atoms with van der Waals surface area (Å²) in [6.45, 7) is 6.98. The summed E-state index contributed by atoms with van der Waals surface area (Å²) in [4.78, 5) is 5.22. The van der Waals surface area contributed by atoms with Crippen molar-refractivity contribution in [3.8, 4) is 0 Å². The van der Waals surface area contributed by atoms with E-state index in [9.17, 15) is 0 Å². The fourth-order valence-electron chi connectivity index (χ4n) is 3.48. The quantitative estimate of drug-likeness (QED) is 0.822. The van der Waals surface area contributed by atoms with Crippen molar-refractivity contribution < 1.29 is 0 Å². The Kier molecular flexibility index (Phi) is 4.04. The summed E-state index contributed by atoms with van der Waals surface area (Å²) in [7, 11) is 0. The zero-order chi connectivity index (χ0) is 13.4.